The van der Waals surface area contributed by atoms with Crippen molar-refractivity contribution in [1.82, 2.24) is 14.8 Å². The second-order valence-corrected chi connectivity index (χ2v) is 7.61. The minimum Gasteiger partial charge on any atom is -0.489 e. The van der Waals surface area contributed by atoms with Crippen LogP contribution in [0.25, 0.3) is 0 Å². The number of rotatable bonds is 6. The number of benzene rings is 1. The number of halogens is 1. The lowest BCUT2D eigenvalue weighted by molar-refractivity contribution is -0.117. The highest BCUT2D eigenvalue weighted by Crippen LogP contribution is 2.55. The molecule has 4 rings (SSSR count). The van der Waals surface area contributed by atoms with Crippen LogP contribution in [0, 0.1) is 12.8 Å². The number of amides is 1. The van der Waals surface area contributed by atoms with Gasteiger partial charge in [0.1, 0.15) is 11.5 Å². The van der Waals surface area contributed by atoms with Gasteiger partial charge >= 0.3 is 0 Å². The van der Waals surface area contributed by atoms with Crippen LogP contribution in [0.1, 0.15) is 17.7 Å². The number of hydrogen-bond donors (Lipinski definition) is 1. The summed E-state index contributed by atoms with van der Waals surface area (Å²) in [7, 11) is 1.86. The Hall–Kier alpha value is -2.86. The third-order valence-corrected chi connectivity index (χ3v) is 5.40. The number of anilines is 1. The maximum Gasteiger partial charge on any atom is 0.229 e. The molecule has 1 fully saturated rings. The predicted octanol–water partition coefficient (Wildman–Crippen LogP) is 3.75. The molecule has 2 unspecified atom stereocenters. The molecule has 1 aliphatic carbocycles. The van der Waals surface area contributed by atoms with Gasteiger partial charge in [0.25, 0.3) is 0 Å². The topological polar surface area (TPSA) is 69.0 Å². The number of nitrogens with one attached hydrogen (secondary N) is 1. The van der Waals surface area contributed by atoms with Crippen LogP contribution >= 0.6 is 11.6 Å². The zero-order valence-electron chi connectivity index (χ0n) is 15.7. The number of aryl methyl sites for hydroxylation is 2. The number of carbonyl (C=O) groups excluding carboxylic acids is 1. The van der Waals surface area contributed by atoms with Crippen LogP contribution in [0.3, 0.4) is 0 Å². The van der Waals surface area contributed by atoms with Gasteiger partial charge in [-0.1, -0.05) is 41.9 Å². The number of nitrogens with zero attached hydrogens (tertiary/aromatic N) is 3. The number of hydrogen-bond acceptors (Lipinski definition) is 4. The zero-order valence-corrected chi connectivity index (χ0v) is 16.5. The molecule has 0 saturated heterocycles. The monoisotopic (exact) mass is 396 g/mol. The normalized spacial score (nSPS) is 20.6. The lowest BCUT2D eigenvalue weighted by atomic mass is 9.93. The molecule has 1 aliphatic rings. The van der Waals surface area contributed by atoms with E-state index in [1.54, 1.807) is 16.8 Å². The van der Waals surface area contributed by atoms with Crippen molar-refractivity contribution >= 4 is 23.3 Å². The third kappa shape index (κ3) is 3.60. The molecule has 28 heavy (non-hydrogen) atoms. The molecule has 6 nitrogen and oxygen atoms in total. The molecule has 7 heteroatoms. The van der Waals surface area contributed by atoms with E-state index in [9.17, 15) is 4.79 Å². The van der Waals surface area contributed by atoms with Crippen LogP contribution in [-0.4, -0.2) is 27.3 Å². The van der Waals surface area contributed by atoms with Crippen molar-refractivity contribution in [2.75, 3.05) is 11.9 Å². The van der Waals surface area contributed by atoms with Gasteiger partial charge in [-0.2, -0.15) is 5.10 Å². The van der Waals surface area contributed by atoms with Gasteiger partial charge in [0.2, 0.25) is 5.91 Å². The first kappa shape index (κ1) is 18.5. The van der Waals surface area contributed by atoms with Gasteiger partial charge in [-0.05, 0) is 31.0 Å². The van der Waals surface area contributed by atoms with Gasteiger partial charge in [-0.15, -0.1) is 0 Å². The fraction of sp³-hybridized carbons (Fsp3) is 0.286. The summed E-state index contributed by atoms with van der Waals surface area (Å²) in [6.45, 7) is 2.32. The smallest absolute Gasteiger partial charge is 0.229 e. The van der Waals surface area contributed by atoms with Crippen LogP contribution in [0.2, 0.25) is 5.02 Å². The van der Waals surface area contributed by atoms with Crippen LogP contribution in [0.5, 0.6) is 5.75 Å². The predicted molar refractivity (Wildman–Crippen MR) is 108 cm³/mol. The van der Waals surface area contributed by atoms with E-state index in [-0.39, 0.29) is 17.2 Å². The molecule has 2 atom stereocenters. The van der Waals surface area contributed by atoms with Crippen molar-refractivity contribution in [1.29, 1.82) is 0 Å². The lowest BCUT2D eigenvalue weighted by Crippen LogP contribution is -2.26. The van der Waals surface area contributed by atoms with Crippen LogP contribution in [0.4, 0.5) is 5.82 Å². The van der Waals surface area contributed by atoms with Gasteiger partial charge < -0.3 is 10.1 Å². The SMILES string of the molecule is Cc1nn(C)cc1OCC1(c2ccccc2)CC1C(=O)Nc1ccc(Cl)cn1. The van der Waals surface area contributed by atoms with E-state index in [2.05, 4.69) is 15.4 Å². The Morgan fingerprint density at radius 3 is 2.75 bits per heavy atom. The molecule has 2 heterocycles. The van der Waals surface area contributed by atoms with E-state index in [0.29, 0.717) is 17.4 Å². The Morgan fingerprint density at radius 2 is 2.11 bits per heavy atom. The van der Waals surface area contributed by atoms with E-state index >= 15 is 0 Å². The van der Waals surface area contributed by atoms with Crippen molar-refractivity contribution in [3.63, 3.8) is 0 Å². The number of pyridine rings is 1. The summed E-state index contributed by atoms with van der Waals surface area (Å²) in [5.41, 5.74) is 1.57. The molecule has 144 valence electrons. The molecule has 0 bridgehead atoms. The first-order chi connectivity index (χ1) is 13.5. The maximum absolute atomic E-state index is 12.9. The Balaban J connectivity index is 1.53. The van der Waals surface area contributed by atoms with E-state index in [4.69, 9.17) is 16.3 Å². The third-order valence-electron chi connectivity index (χ3n) is 5.17. The summed E-state index contributed by atoms with van der Waals surface area (Å²) >= 11 is 5.86. The Labute approximate surface area is 168 Å². The zero-order chi connectivity index (χ0) is 19.7. The van der Waals surface area contributed by atoms with Gasteiger partial charge in [0, 0.05) is 18.7 Å². The highest BCUT2D eigenvalue weighted by molar-refractivity contribution is 6.30. The molecule has 1 amide bonds. The van der Waals surface area contributed by atoms with Crippen LogP contribution in [0.15, 0.2) is 54.9 Å². The number of ether oxygens (including phenoxy) is 1. The summed E-state index contributed by atoms with van der Waals surface area (Å²) in [6, 6.07) is 13.4. The van der Waals surface area contributed by atoms with Gasteiger partial charge in [-0.3, -0.25) is 9.48 Å². The van der Waals surface area contributed by atoms with Gasteiger partial charge in [-0.25, -0.2) is 4.98 Å². The molecule has 1 N–H and O–H groups in total. The minimum absolute atomic E-state index is 0.0646. The Bertz CT molecular complexity index is 987. The van der Waals surface area contributed by atoms with Gasteiger partial charge in [0.05, 0.1) is 23.7 Å². The molecule has 0 radical (unpaired) electrons. The fourth-order valence-corrected chi connectivity index (χ4v) is 3.68. The second kappa shape index (κ2) is 7.28. The highest BCUT2D eigenvalue weighted by Gasteiger charge is 2.60. The summed E-state index contributed by atoms with van der Waals surface area (Å²) in [4.78, 5) is 17.0. The summed E-state index contributed by atoms with van der Waals surface area (Å²) in [5, 5.41) is 7.73. The molecular weight excluding hydrogens is 376 g/mol. The molecule has 0 spiro atoms. The lowest BCUT2D eigenvalue weighted by Gasteiger charge is -2.18. The van der Waals surface area contributed by atoms with Crippen molar-refractivity contribution in [2.45, 2.75) is 18.8 Å². The second-order valence-electron chi connectivity index (χ2n) is 7.17. The highest BCUT2D eigenvalue weighted by atomic mass is 35.5. The summed E-state index contributed by atoms with van der Waals surface area (Å²) in [5.74, 6) is 0.977. The van der Waals surface area contributed by atoms with Crippen LogP contribution < -0.4 is 10.1 Å². The molecule has 3 aromatic rings. The Kier molecular flexibility index (Phi) is 4.81. The minimum atomic E-state index is -0.361. The quantitative estimate of drug-likeness (QED) is 0.688. The first-order valence-corrected chi connectivity index (χ1v) is 9.47. The molecule has 2 aromatic heterocycles. The fourth-order valence-electron chi connectivity index (χ4n) is 3.57. The van der Waals surface area contributed by atoms with E-state index in [0.717, 1.165) is 23.4 Å². The Morgan fingerprint density at radius 1 is 1.32 bits per heavy atom. The average molecular weight is 397 g/mol. The number of carbonyl (C=O) groups is 1. The van der Waals surface area contributed by atoms with Crippen molar-refractivity contribution < 1.29 is 9.53 Å². The molecular formula is C21H21ClN4O2. The summed E-state index contributed by atoms with van der Waals surface area (Å²) < 4.78 is 7.81. The van der Waals surface area contributed by atoms with E-state index in [1.807, 2.05) is 50.5 Å². The van der Waals surface area contributed by atoms with Crippen molar-refractivity contribution in [3.8, 4) is 5.75 Å². The molecule has 0 aliphatic heterocycles. The van der Waals surface area contributed by atoms with Gasteiger partial charge in [0.15, 0.2) is 5.75 Å². The number of aromatic nitrogens is 3. The van der Waals surface area contributed by atoms with E-state index < -0.39 is 0 Å². The van der Waals surface area contributed by atoms with Crippen LogP contribution in [-0.2, 0) is 17.3 Å². The molecule has 1 aromatic carbocycles. The maximum atomic E-state index is 12.9. The first-order valence-electron chi connectivity index (χ1n) is 9.09. The summed E-state index contributed by atoms with van der Waals surface area (Å²) in [6.07, 6.45) is 4.08. The average Bonchev–Trinajstić information content (AvgIpc) is 3.35. The van der Waals surface area contributed by atoms with Crippen molar-refractivity contribution in [3.05, 3.63) is 71.1 Å². The molecule has 1 saturated carbocycles. The largest absolute Gasteiger partial charge is 0.489 e. The van der Waals surface area contributed by atoms with Crippen molar-refractivity contribution in [2.24, 2.45) is 13.0 Å². The van der Waals surface area contributed by atoms with E-state index in [1.165, 1.54) is 6.20 Å². The standard InChI is InChI=1S/C21H21ClN4O2/c1-14-18(12-26(2)25-14)28-13-21(15-6-4-3-5-7-15)10-17(21)20(27)24-19-9-8-16(22)11-23-19/h3-9,11-12,17H,10,13H2,1-2H3,(H,23,24,27).